The summed E-state index contributed by atoms with van der Waals surface area (Å²) in [6.07, 6.45) is 6.93. The largest absolute Gasteiger partial charge is 0.496 e. The Balaban J connectivity index is 1.55. The van der Waals surface area contributed by atoms with E-state index in [0.29, 0.717) is 6.42 Å². The van der Waals surface area contributed by atoms with Crippen molar-refractivity contribution >= 4 is 5.91 Å². The zero-order valence-corrected chi connectivity index (χ0v) is 15.4. The maximum absolute atomic E-state index is 13.0. The van der Waals surface area contributed by atoms with Crippen LogP contribution in [0.15, 0.2) is 24.3 Å². The number of ether oxygens (including phenoxy) is 1. The smallest absolute Gasteiger partial charge is 0.227 e. The second-order valence-corrected chi connectivity index (χ2v) is 7.17. The number of methoxy groups -OCH3 is 1. The molecule has 0 N–H and O–H groups in total. The van der Waals surface area contributed by atoms with Crippen molar-refractivity contribution in [3.8, 4) is 5.75 Å². The molecule has 0 spiro atoms. The van der Waals surface area contributed by atoms with Crippen molar-refractivity contribution in [1.82, 2.24) is 19.7 Å². The van der Waals surface area contributed by atoms with Gasteiger partial charge in [-0.05, 0) is 31.7 Å². The van der Waals surface area contributed by atoms with Gasteiger partial charge in [-0.2, -0.15) is 0 Å². The SMILES string of the molecule is COc1ccccc1CC(=O)N1CCCC1c1nnc2n1CCCCC2. The highest BCUT2D eigenvalue weighted by Gasteiger charge is 2.34. The maximum atomic E-state index is 13.0. The van der Waals surface area contributed by atoms with Crippen LogP contribution in [0.25, 0.3) is 0 Å². The summed E-state index contributed by atoms with van der Waals surface area (Å²) >= 11 is 0. The van der Waals surface area contributed by atoms with Crippen molar-refractivity contribution in [2.75, 3.05) is 13.7 Å². The fourth-order valence-corrected chi connectivity index (χ4v) is 4.20. The van der Waals surface area contributed by atoms with Crippen LogP contribution in [0.4, 0.5) is 0 Å². The van der Waals surface area contributed by atoms with Crippen LogP contribution in [0.5, 0.6) is 5.75 Å². The Morgan fingerprint density at radius 3 is 2.92 bits per heavy atom. The van der Waals surface area contributed by atoms with Crippen LogP contribution >= 0.6 is 0 Å². The number of benzene rings is 1. The number of amides is 1. The molecule has 6 heteroatoms. The molecule has 4 rings (SSSR count). The van der Waals surface area contributed by atoms with Crippen LogP contribution < -0.4 is 4.74 Å². The van der Waals surface area contributed by atoms with Crippen LogP contribution in [-0.4, -0.2) is 39.2 Å². The third-order valence-electron chi connectivity index (χ3n) is 5.54. The molecule has 1 unspecified atom stereocenters. The van der Waals surface area contributed by atoms with Crippen molar-refractivity contribution in [3.63, 3.8) is 0 Å². The molecule has 2 aliphatic heterocycles. The Kier molecular flexibility index (Phi) is 4.91. The number of aromatic nitrogens is 3. The number of nitrogens with zero attached hydrogens (tertiary/aromatic N) is 4. The van der Waals surface area contributed by atoms with E-state index >= 15 is 0 Å². The summed E-state index contributed by atoms with van der Waals surface area (Å²) < 4.78 is 7.67. The number of carbonyl (C=O) groups is 1. The van der Waals surface area contributed by atoms with E-state index in [1.165, 1.54) is 19.3 Å². The first kappa shape index (κ1) is 17.1. The average molecular weight is 354 g/mol. The van der Waals surface area contributed by atoms with E-state index in [4.69, 9.17) is 4.74 Å². The zero-order valence-electron chi connectivity index (χ0n) is 15.4. The minimum Gasteiger partial charge on any atom is -0.496 e. The second kappa shape index (κ2) is 7.48. The highest BCUT2D eigenvalue weighted by atomic mass is 16.5. The third kappa shape index (κ3) is 3.20. The Hall–Kier alpha value is -2.37. The number of fused-ring (bicyclic) bond motifs is 1. The monoisotopic (exact) mass is 354 g/mol. The fourth-order valence-electron chi connectivity index (χ4n) is 4.20. The summed E-state index contributed by atoms with van der Waals surface area (Å²) in [6, 6.07) is 7.80. The van der Waals surface area contributed by atoms with Gasteiger partial charge in [0, 0.05) is 25.1 Å². The van der Waals surface area contributed by atoms with Gasteiger partial charge < -0.3 is 14.2 Å². The van der Waals surface area contributed by atoms with E-state index < -0.39 is 0 Å². The first-order valence-electron chi connectivity index (χ1n) is 9.61. The minimum atomic E-state index is 0.0524. The van der Waals surface area contributed by atoms with E-state index in [-0.39, 0.29) is 11.9 Å². The van der Waals surface area contributed by atoms with Gasteiger partial charge in [0.15, 0.2) is 5.82 Å². The molecule has 26 heavy (non-hydrogen) atoms. The number of rotatable bonds is 4. The molecule has 3 heterocycles. The summed E-state index contributed by atoms with van der Waals surface area (Å²) in [5.41, 5.74) is 0.936. The second-order valence-electron chi connectivity index (χ2n) is 7.17. The van der Waals surface area contributed by atoms with Crippen LogP contribution in [0, 0.1) is 0 Å². The first-order chi connectivity index (χ1) is 12.8. The quantitative estimate of drug-likeness (QED) is 0.847. The molecule has 2 aromatic rings. The Morgan fingerprint density at radius 2 is 2.04 bits per heavy atom. The topological polar surface area (TPSA) is 60.2 Å². The van der Waals surface area contributed by atoms with Gasteiger partial charge in [0.25, 0.3) is 0 Å². The molecule has 1 saturated heterocycles. The van der Waals surface area contributed by atoms with E-state index in [2.05, 4.69) is 14.8 Å². The van der Waals surface area contributed by atoms with Gasteiger partial charge in [0.2, 0.25) is 5.91 Å². The van der Waals surface area contributed by atoms with Crippen LogP contribution in [0.1, 0.15) is 55.4 Å². The summed E-state index contributed by atoms with van der Waals surface area (Å²) in [5, 5.41) is 8.91. The van der Waals surface area contributed by atoms with Crippen LogP contribution in [-0.2, 0) is 24.2 Å². The number of carbonyl (C=O) groups excluding carboxylic acids is 1. The van der Waals surface area contributed by atoms with Crippen molar-refractivity contribution in [2.45, 2.75) is 57.5 Å². The number of para-hydroxylation sites is 1. The number of aryl methyl sites for hydroxylation is 1. The lowest BCUT2D eigenvalue weighted by molar-refractivity contribution is -0.131. The summed E-state index contributed by atoms with van der Waals surface area (Å²) in [6.45, 7) is 1.77. The van der Waals surface area contributed by atoms with Gasteiger partial charge in [0.05, 0.1) is 19.6 Å². The van der Waals surface area contributed by atoms with Crippen molar-refractivity contribution in [3.05, 3.63) is 41.5 Å². The highest BCUT2D eigenvalue weighted by molar-refractivity contribution is 5.80. The Labute approximate surface area is 154 Å². The van der Waals surface area contributed by atoms with Gasteiger partial charge >= 0.3 is 0 Å². The van der Waals surface area contributed by atoms with Crippen molar-refractivity contribution in [2.24, 2.45) is 0 Å². The molecule has 0 bridgehead atoms. The summed E-state index contributed by atoms with van der Waals surface area (Å²) in [7, 11) is 1.65. The molecule has 1 amide bonds. The molecule has 2 aliphatic rings. The van der Waals surface area contributed by atoms with Gasteiger partial charge in [-0.1, -0.05) is 24.6 Å². The first-order valence-corrected chi connectivity index (χ1v) is 9.61. The van der Waals surface area contributed by atoms with E-state index in [9.17, 15) is 4.79 Å². The Bertz CT molecular complexity index is 786. The number of hydrogen-bond donors (Lipinski definition) is 0. The zero-order chi connectivity index (χ0) is 17.9. The average Bonchev–Trinajstić information content (AvgIpc) is 3.23. The van der Waals surface area contributed by atoms with Crippen molar-refractivity contribution < 1.29 is 9.53 Å². The standard InChI is InChI=1S/C20H26N4O2/c1-26-17-10-5-4-8-15(17)14-19(25)23-13-7-9-16(23)20-22-21-18-11-3-2-6-12-24(18)20/h4-5,8,10,16H,2-3,6-7,9,11-14H2,1H3. The van der Waals surface area contributed by atoms with E-state index in [1.54, 1.807) is 7.11 Å². The molecule has 1 atom stereocenters. The maximum Gasteiger partial charge on any atom is 0.227 e. The lowest BCUT2D eigenvalue weighted by Crippen LogP contribution is -2.33. The van der Waals surface area contributed by atoms with E-state index in [1.807, 2.05) is 29.2 Å². The van der Waals surface area contributed by atoms with Gasteiger partial charge in [0.1, 0.15) is 11.6 Å². The molecule has 1 aromatic heterocycles. The molecular formula is C20H26N4O2. The lowest BCUT2D eigenvalue weighted by Gasteiger charge is -2.25. The van der Waals surface area contributed by atoms with Crippen LogP contribution in [0.3, 0.4) is 0 Å². The molecule has 0 saturated carbocycles. The molecule has 6 nitrogen and oxygen atoms in total. The molecule has 0 aliphatic carbocycles. The number of hydrogen-bond acceptors (Lipinski definition) is 4. The Morgan fingerprint density at radius 1 is 1.15 bits per heavy atom. The molecule has 0 radical (unpaired) electrons. The van der Waals surface area contributed by atoms with Gasteiger partial charge in [-0.3, -0.25) is 4.79 Å². The molecule has 1 fully saturated rings. The lowest BCUT2D eigenvalue weighted by atomic mass is 10.1. The summed E-state index contributed by atoms with van der Waals surface area (Å²) in [5.74, 6) is 2.98. The molecule has 138 valence electrons. The fraction of sp³-hybridized carbons (Fsp3) is 0.550. The van der Waals surface area contributed by atoms with Crippen molar-refractivity contribution in [1.29, 1.82) is 0 Å². The summed E-state index contributed by atoms with van der Waals surface area (Å²) in [4.78, 5) is 15.0. The van der Waals surface area contributed by atoms with Crippen LogP contribution in [0.2, 0.25) is 0 Å². The molecule has 1 aromatic carbocycles. The predicted octanol–water partition coefficient (Wildman–Crippen LogP) is 2.92. The minimum absolute atomic E-state index is 0.0524. The van der Waals surface area contributed by atoms with Gasteiger partial charge in [-0.25, -0.2) is 0 Å². The third-order valence-corrected chi connectivity index (χ3v) is 5.54. The molecular weight excluding hydrogens is 328 g/mol. The highest BCUT2D eigenvalue weighted by Crippen LogP contribution is 2.33. The number of likely N-dealkylation sites (tertiary alicyclic amines) is 1. The normalized spacial score (nSPS) is 19.9. The van der Waals surface area contributed by atoms with Gasteiger partial charge in [-0.15, -0.1) is 10.2 Å². The predicted molar refractivity (Wildman–Crippen MR) is 98.0 cm³/mol. The van der Waals surface area contributed by atoms with E-state index in [0.717, 1.165) is 55.3 Å².